The van der Waals surface area contributed by atoms with Crippen LogP contribution < -0.4 is 5.73 Å². The number of rotatable bonds is 1. The maximum atomic E-state index is 5.32. The van der Waals surface area contributed by atoms with Gasteiger partial charge in [-0.15, -0.1) is 10.2 Å². The van der Waals surface area contributed by atoms with E-state index in [0.29, 0.717) is 11.0 Å². The van der Waals surface area contributed by atoms with Gasteiger partial charge >= 0.3 is 0 Å². The second-order valence-electron chi connectivity index (χ2n) is 1.86. The Hall–Kier alpha value is -0.970. The van der Waals surface area contributed by atoms with Crippen LogP contribution in [0.25, 0.3) is 0 Å². The van der Waals surface area contributed by atoms with E-state index in [2.05, 4.69) is 15.2 Å². The van der Waals surface area contributed by atoms with Gasteiger partial charge in [0.25, 0.3) is 0 Å². The van der Waals surface area contributed by atoms with Gasteiger partial charge in [0, 0.05) is 0 Å². The van der Waals surface area contributed by atoms with Crippen molar-refractivity contribution in [1.29, 1.82) is 0 Å². The molecule has 0 atom stereocenters. The van der Waals surface area contributed by atoms with Crippen LogP contribution in [-0.4, -0.2) is 16.0 Å². The summed E-state index contributed by atoms with van der Waals surface area (Å²) in [7, 11) is 0. The van der Waals surface area contributed by atoms with Crippen molar-refractivity contribution in [2.75, 3.05) is 0 Å². The summed E-state index contributed by atoms with van der Waals surface area (Å²) < 4.78 is 0. The van der Waals surface area contributed by atoms with Crippen molar-refractivity contribution in [3.05, 3.63) is 5.01 Å². The van der Waals surface area contributed by atoms with Crippen molar-refractivity contribution in [3.8, 4) is 0 Å². The molecule has 5 heteroatoms. The van der Waals surface area contributed by atoms with Crippen molar-refractivity contribution in [2.24, 2.45) is 10.7 Å². The summed E-state index contributed by atoms with van der Waals surface area (Å²) >= 11 is 1.43. The molecule has 0 amide bonds. The van der Waals surface area contributed by atoms with E-state index >= 15 is 0 Å². The van der Waals surface area contributed by atoms with Gasteiger partial charge < -0.3 is 5.73 Å². The van der Waals surface area contributed by atoms with E-state index in [1.807, 2.05) is 6.92 Å². The number of hydrogen-bond donors (Lipinski definition) is 1. The minimum atomic E-state index is 0.510. The highest BCUT2D eigenvalue weighted by atomic mass is 32.1. The molecule has 0 fully saturated rings. The molecule has 1 aromatic rings. The number of nitrogens with two attached hydrogens (primary N) is 1. The second-order valence-corrected chi connectivity index (χ2v) is 3.02. The molecule has 0 spiro atoms. The quantitative estimate of drug-likeness (QED) is 0.484. The van der Waals surface area contributed by atoms with E-state index < -0.39 is 0 Å². The highest BCUT2D eigenvalue weighted by Crippen LogP contribution is 2.16. The Kier molecular flexibility index (Phi) is 1.96. The van der Waals surface area contributed by atoms with E-state index in [4.69, 9.17) is 5.73 Å². The molecule has 2 N–H and O–H groups in total. The first-order valence-electron chi connectivity index (χ1n) is 2.79. The van der Waals surface area contributed by atoms with Gasteiger partial charge in [-0.2, -0.15) is 0 Å². The molecule has 54 valence electrons. The maximum Gasteiger partial charge on any atom is 0.233 e. The molecule has 0 bridgehead atoms. The first-order valence-corrected chi connectivity index (χ1v) is 3.61. The third-order valence-electron chi connectivity index (χ3n) is 0.787. The average molecular weight is 156 g/mol. The summed E-state index contributed by atoms with van der Waals surface area (Å²) in [5.41, 5.74) is 5.32. The van der Waals surface area contributed by atoms with E-state index in [-0.39, 0.29) is 0 Å². The van der Waals surface area contributed by atoms with E-state index in [1.165, 1.54) is 11.3 Å². The predicted molar refractivity (Wildman–Crippen MR) is 41.6 cm³/mol. The third-order valence-corrected chi connectivity index (χ3v) is 1.52. The molecule has 0 aliphatic rings. The van der Waals surface area contributed by atoms with Crippen LogP contribution in [0.3, 0.4) is 0 Å². The molecule has 1 aromatic heterocycles. The highest BCUT2D eigenvalue weighted by Gasteiger charge is 1.95. The molecule has 0 saturated carbocycles. The highest BCUT2D eigenvalue weighted by molar-refractivity contribution is 7.14. The van der Waals surface area contributed by atoms with Gasteiger partial charge in [0.1, 0.15) is 5.01 Å². The second kappa shape index (κ2) is 2.74. The fourth-order valence-corrected chi connectivity index (χ4v) is 1.10. The molecule has 0 aliphatic heterocycles. The molecule has 4 nitrogen and oxygen atoms in total. The lowest BCUT2D eigenvalue weighted by molar-refractivity contribution is 1.04. The molecule has 1 rings (SSSR count). The van der Waals surface area contributed by atoms with Crippen LogP contribution in [0.2, 0.25) is 0 Å². The molecule has 0 radical (unpaired) electrons. The molecule has 10 heavy (non-hydrogen) atoms. The molecule has 0 aromatic carbocycles. The van der Waals surface area contributed by atoms with E-state index in [9.17, 15) is 0 Å². The van der Waals surface area contributed by atoms with Gasteiger partial charge in [0.05, 0.1) is 5.84 Å². The number of nitrogens with zero attached hydrogens (tertiary/aromatic N) is 3. The Morgan fingerprint density at radius 1 is 1.60 bits per heavy atom. The van der Waals surface area contributed by atoms with Gasteiger partial charge in [0.2, 0.25) is 5.13 Å². The fraction of sp³-hybridized carbons (Fsp3) is 0.400. The fourth-order valence-electron chi connectivity index (χ4n) is 0.482. The van der Waals surface area contributed by atoms with Crippen molar-refractivity contribution >= 4 is 22.3 Å². The van der Waals surface area contributed by atoms with E-state index in [1.54, 1.807) is 6.92 Å². The van der Waals surface area contributed by atoms with Gasteiger partial charge in [0.15, 0.2) is 0 Å². The van der Waals surface area contributed by atoms with Crippen molar-refractivity contribution < 1.29 is 0 Å². The zero-order valence-corrected chi connectivity index (χ0v) is 6.64. The molecule has 0 saturated heterocycles. The summed E-state index contributed by atoms with van der Waals surface area (Å²) in [5, 5.41) is 9.06. The average Bonchev–Trinajstić information content (AvgIpc) is 2.13. The maximum absolute atomic E-state index is 5.32. The monoisotopic (exact) mass is 156 g/mol. The van der Waals surface area contributed by atoms with Crippen LogP contribution in [0.1, 0.15) is 11.9 Å². The summed E-state index contributed by atoms with van der Waals surface area (Å²) in [4.78, 5) is 3.92. The van der Waals surface area contributed by atoms with Crippen LogP contribution >= 0.6 is 11.3 Å². The number of aryl methyl sites for hydroxylation is 1. The van der Waals surface area contributed by atoms with Gasteiger partial charge in [-0.05, 0) is 13.8 Å². The van der Waals surface area contributed by atoms with Crippen molar-refractivity contribution in [1.82, 2.24) is 10.2 Å². The summed E-state index contributed by atoms with van der Waals surface area (Å²) in [6.07, 6.45) is 0. The summed E-state index contributed by atoms with van der Waals surface area (Å²) in [6, 6.07) is 0. The molecular weight excluding hydrogens is 148 g/mol. The first kappa shape index (κ1) is 7.14. The van der Waals surface area contributed by atoms with Crippen LogP contribution in [0, 0.1) is 6.92 Å². The topological polar surface area (TPSA) is 64.2 Å². The third kappa shape index (κ3) is 1.77. The summed E-state index contributed by atoms with van der Waals surface area (Å²) in [5.74, 6) is 0.510. The zero-order chi connectivity index (χ0) is 7.56. The molecule has 0 unspecified atom stereocenters. The van der Waals surface area contributed by atoms with Crippen LogP contribution in [0.15, 0.2) is 4.99 Å². The minimum Gasteiger partial charge on any atom is -0.387 e. The Balaban J connectivity index is 2.86. The number of aromatic nitrogens is 2. The largest absolute Gasteiger partial charge is 0.387 e. The van der Waals surface area contributed by atoms with Gasteiger partial charge in [-0.25, -0.2) is 4.99 Å². The molecular formula is C5H8N4S. The van der Waals surface area contributed by atoms with Gasteiger partial charge in [-0.3, -0.25) is 0 Å². The smallest absolute Gasteiger partial charge is 0.233 e. The Morgan fingerprint density at radius 3 is 2.70 bits per heavy atom. The van der Waals surface area contributed by atoms with Crippen molar-refractivity contribution in [2.45, 2.75) is 13.8 Å². The lowest BCUT2D eigenvalue weighted by Crippen LogP contribution is -2.03. The minimum absolute atomic E-state index is 0.510. The molecule has 0 aliphatic carbocycles. The van der Waals surface area contributed by atoms with Crippen LogP contribution in [0.5, 0.6) is 0 Å². The normalized spacial score (nSPS) is 12.0. The summed E-state index contributed by atoms with van der Waals surface area (Å²) in [6.45, 7) is 3.60. The Labute approximate surface area is 62.8 Å². The lowest BCUT2D eigenvalue weighted by Gasteiger charge is -1.82. The van der Waals surface area contributed by atoms with Crippen LogP contribution in [-0.2, 0) is 0 Å². The lowest BCUT2D eigenvalue weighted by atomic mass is 10.7. The number of hydrogen-bond acceptors (Lipinski definition) is 4. The predicted octanol–water partition coefficient (Wildman–Crippen LogP) is 0.855. The SMILES string of the molecule is C/C(N)=N\c1nnc(C)s1. The van der Waals surface area contributed by atoms with Crippen LogP contribution in [0.4, 0.5) is 5.13 Å². The Bertz CT molecular complexity index is 248. The number of amidine groups is 1. The first-order chi connectivity index (χ1) is 4.68. The van der Waals surface area contributed by atoms with Crippen molar-refractivity contribution in [3.63, 3.8) is 0 Å². The zero-order valence-electron chi connectivity index (χ0n) is 5.83. The van der Waals surface area contributed by atoms with E-state index in [0.717, 1.165) is 5.01 Å². The van der Waals surface area contributed by atoms with Gasteiger partial charge in [-0.1, -0.05) is 11.3 Å². The Morgan fingerprint density at radius 2 is 2.30 bits per heavy atom. The molecule has 1 heterocycles. The number of aliphatic imine (C=N–C) groups is 1. The standard InChI is InChI=1S/C5H8N4S/c1-3(6)7-5-9-8-4(2)10-5/h1-2H3,(H2,6,7,9).